The SMILES string of the molecule is CC(C)(C)c1ccc(-c2cc3ncc(-c4ccc(F)c(F)c4)nc3c(C(=O)NCC(=O)O)c2O)cc1. The van der Waals surface area contributed by atoms with Gasteiger partial charge in [-0.05, 0) is 40.8 Å². The largest absolute Gasteiger partial charge is 0.506 e. The van der Waals surface area contributed by atoms with E-state index in [1.807, 2.05) is 24.3 Å². The summed E-state index contributed by atoms with van der Waals surface area (Å²) in [5.41, 5.74) is 2.19. The molecule has 36 heavy (non-hydrogen) atoms. The molecular formula is C27H23F2N3O4. The second-order valence-corrected chi connectivity index (χ2v) is 9.30. The average Bonchev–Trinajstić information content (AvgIpc) is 2.83. The minimum absolute atomic E-state index is 0.0207. The maximum absolute atomic E-state index is 13.8. The summed E-state index contributed by atoms with van der Waals surface area (Å²) in [6, 6.07) is 12.2. The van der Waals surface area contributed by atoms with Gasteiger partial charge in [0.2, 0.25) is 0 Å². The Morgan fingerprint density at radius 3 is 2.25 bits per heavy atom. The molecule has 0 bridgehead atoms. The number of aliphatic carboxylic acids is 1. The third-order valence-electron chi connectivity index (χ3n) is 5.72. The molecule has 0 fully saturated rings. The molecular weight excluding hydrogens is 468 g/mol. The first kappa shape index (κ1) is 24.7. The lowest BCUT2D eigenvalue weighted by molar-refractivity contribution is -0.135. The molecule has 1 heterocycles. The van der Waals surface area contributed by atoms with Crippen LogP contribution in [0.3, 0.4) is 0 Å². The Bertz CT molecular complexity index is 1500. The monoisotopic (exact) mass is 491 g/mol. The van der Waals surface area contributed by atoms with E-state index < -0.39 is 35.8 Å². The summed E-state index contributed by atoms with van der Waals surface area (Å²) in [5.74, 6) is -4.66. The van der Waals surface area contributed by atoms with Crippen LogP contribution in [-0.4, -0.2) is 38.6 Å². The van der Waals surface area contributed by atoms with Crippen molar-refractivity contribution in [1.29, 1.82) is 0 Å². The van der Waals surface area contributed by atoms with Crippen molar-refractivity contribution in [2.45, 2.75) is 26.2 Å². The number of hydrogen-bond acceptors (Lipinski definition) is 5. The third kappa shape index (κ3) is 4.86. The smallest absolute Gasteiger partial charge is 0.322 e. The van der Waals surface area contributed by atoms with Crippen LogP contribution in [-0.2, 0) is 10.2 Å². The summed E-state index contributed by atoms with van der Waals surface area (Å²) in [5, 5.41) is 22.4. The summed E-state index contributed by atoms with van der Waals surface area (Å²) in [6.45, 7) is 5.53. The van der Waals surface area contributed by atoms with Gasteiger partial charge < -0.3 is 15.5 Å². The van der Waals surface area contributed by atoms with Crippen LogP contribution < -0.4 is 5.32 Å². The van der Waals surface area contributed by atoms with Crippen LogP contribution in [0.2, 0.25) is 0 Å². The third-order valence-corrected chi connectivity index (χ3v) is 5.72. The van der Waals surface area contributed by atoms with Crippen molar-refractivity contribution in [2.24, 2.45) is 0 Å². The molecule has 3 N–H and O–H groups in total. The van der Waals surface area contributed by atoms with Crippen molar-refractivity contribution >= 4 is 22.9 Å². The fraction of sp³-hybridized carbons (Fsp3) is 0.185. The number of halogens is 2. The highest BCUT2D eigenvalue weighted by atomic mass is 19.2. The predicted molar refractivity (Wildman–Crippen MR) is 131 cm³/mol. The van der Waals surface area contributed by atoms with Crippen LogP contribution in [0, 0.1) is 11.6 Å². The first-order chi connectivity index (χ1) is 17.0. The minimum atomic E-state index is -1.27. The standard InChI is InChI=1S/C27H23F2N3O4/c1-27(2,3)16-7-4-14(5-8-16)17-11-20-24(23(25(17)35)26(36)31-13-22(33)34)32-21(12-30-20)15-6-9-18(28)19(29)10-15/h4-12,35H,13H2,1-3H3,(H,31,36)(H,33,34). The van der Waals surface area contributed by atoms with Gasteiger partial charge in [0.1, 0.15) is 23.4 Å². The number of carbonyl (C=O) groups is 2. The topological polar surface area (TPSA) is 112 Å². The summed E-state index contributed by atoms with van der Waals surface area (Å²) in [4.78, 5) is 32.7. The van der Waals surface area contributed by atoms with Gasteiger partial charge in [-0.2, -0.15) is 0 Å². The van der Waals surface area contributed by atoms with Crippen LogP contribution >= 0.6 is 0 Å². The summed E-state index contributed by atoms with van der Waals surface area (Å²) < 4.78 is 27.2. The van der Waals surface area contributed by atoms with E-state index in [9.17, 15) is 23.5 Å². The Kier molecular flexibility index (Phi) is 6.41. The molecule has 1 aromatic heterocycles. The molecule has 184 valence electrons. The fourth-order valence-electron chi connectivity index (χ4n) is 3.76. The minimum Gasteiger partial charge on any atom is -0.506 e. The lowest BCUT2D eigenvalue weighted by atomic mass is 9.86. The van der Waals surface area contributed by atoms with Gasteiger partial charge in [-0.3, -0.25) is 14.6 Å². The number of nitrogens with zero attached hydrogens (tertiary/aromatic N) is 2. The van der Waals surface area contributed by atoms with Crippen molar-refractivity contribution in [3.63, 3.8) is 0 Å². The number of hydrogen-bond donors (Lipinski definition) is 3. The van der Waals surface area contributed by atoms with Crippen LogP contribution in [0.25, 0.3) is 33.4 Å². The van der Waals surface area contributed by atoms with Crippen molar-refractivity contribution in [1.82, 2.24) is 15.3 Å². The Balaban J connectivity index is 1.91. The Morgan fingerprint density at radius 2 is 1.64 bits per heavy atom. The highest BCUT2D eigenvalue weighted by molar-refractivity contribution is 6.10. The molecule has 0 saturated carbocycles. The normalized spacial score (nSPS) is 11.5. The van der Waals surface area contributed by atoms with Crippen molar-refractivity contribution < 1.29 is 28.6 Å². The highest BCUT2D eigenvalue weighted by Crippen LogP contribution is 2.38. The maximum atomic E-state index is 13.8. The number of aromatic nitrogens is 2. The maximum Gasteiger partial charge on any atom is 0.322 e. The van der Waals surface area contributed by atoms with Gasteiger partial charge in [-0.25, -0.2) is 13.8 Å². The number of fused-ring (bicyclic) bond motifs is 1. The van der Waals surface area contributed by atoms with E-state index in [1.54, 1.807) is 6.07 Å². The molecule has 0 aliphatic heterocycles. The second kappa shape index (κ2) is 9.33. The zero-order chi connectivity index (χ0) is 26.2. The van der Waals surface area contributed by atoms with E-state index in [4.69, 9.17) is 5.11 Å². The van der Waals surface area contributed by atoms with Gasteiger partial charge in [0.25, 0.3) is 5.91 Å². The lowest BCUT2D eigenvalue weighted by Crippen LogP contribution is -2.29. The highest BCUT2D eigenvalue weighted by Gasteiger charge is 2.23. The molecule has 0 unspecified atom stereocenters. The Hall–Kier alpha value is -4.40. The molecule has 4 rings (SSSR count). The van der Waals surface area contributed by atoms with E-state index in [-0.39, 0.29) is 33.3 Å². The molecule has 7 nitrogen and oxygen atoms in total. The first-order valence-electron chi connectivity index (χ1n) is 11.0. The number of phenols is 1. The second-order valence-electron chi connectivity index (χ2n) is 9.30. The van der Waals surface area contributed by atoms with Crippen molar-refractivity contribution in [3.8, 4) is 28.1 Å². The van der Waals surface area contributed by atoms with Crippen molar-refractivity contribution in [2.75, 3.05) is 6.54 Å². The van der Waals surface area contributed by atoms with Gasteiger partial charge in [0.15, 0.2) is 11.6 Å². The molecule has 0 radical (unpaired) electrons. The number of carboxylic acid groups (broad SMARTS) is 1. The summed E-state index contributed by atoms with van der Waals surface area (Å²) in [6.07, 6.45) is 1.34. The Labute approximate surface area is 205 Å². The van der Waals surface area contributed by atoms with Crippen molar-refractivity contribution in [3.05, 3.63) is 77.5 Å². The van der Waals surface area contributed by atoms with Crippen LogP contribution in [0.4, 0.5) is 8.78 Å². The zero-order valence-electron chi connectivity index (χ0n) is 19.8. The molecule has 0 aliphatic rings. The number of carboxylic acids is 1. The van der Waals surface area contributed by atoms with Gasteiger partial charge in [-0.15, -0.1) is 0 Å². The van der Waals surface area contributed by atoms with Crippen LogP contribution in [0.1, 0.15) is 36.7 Å². The number of aromatic hydroxyl groups is 1. The van der Waals surface area contributed by atoms with Gasteiger partial charge in [0, 0.05) is 11.1 Å². The van der Waals surface area contributed by atoms with E-state index in [1.165, 1.54) is 12.3 Å². The quantitative estimate of drug-likeness (QED) is 0.360. The number of phenolic OH excluding ortho intramolecular Hbond substituents is 1. The predicted octanol–water partition coefficient (Wildman–Crippen LogP) is 5.06. The molecule has 0 aliphatic carbocycles. The molecule has 0 spiro atoms. The number of rotatable bonds is 5. The molecule has 3 aromatic carbocycles. The van der Waals surface area contributed by atoms with E-state index in [0.717, 1.165) is 17.7 Å². The number of nitrogens with one attached hydrogen (secondary N) is 1. The molecule has 1 amide bonds. The van der Waals surface area contributed by atoms with Gasteiger partial charge in [0.05, 0.1) is 17.4 Å². The number of carbonyl (C=O) groups excluding carboxylic acids is 1. The van der Waals surface area contributed by atoms with Crippen LogP contribution in [0.15, 0.2) is 54.7 Å². The van der Waals surface area contributed by atoms with E-state index >= 15 is 0 Å². The van der Waals surface area contributed by atoms with E-state index in [0.29, 0.717) is 11.1 Å². The average molecular weight is 491 g/mol. The molecule has 0 atom stereocenters. The molecule has 4 aromatic rings. The molecule has 0 saturated heterocycles. The summed E-state index contributed by atoms with van der Waals surface area (Å²) >= 11 is 0. The summed E-state index contributed by atoms with van der Waals surface area (Å²) in [7, 11) is 0. The number of benzene rings is 3. The first-order valence-corrected chi connectivity index (χ1v) is 11.0. The Morgan fingerprint density at radius 1 is 0.972 bits per heavy atom. The van der Waals surface area contributed by atoms with Gasteiger partial charge >= 0.3 is 5.97 Å². The number of amides is 1. The fourth-order valence-corrected chi connectivity index (χ4v) is 3.76. The van der Waals surface area contributed by atoms with Crippen LogP contribution in [0.5, 0.6) is 5.75 Å². The van der Waals surface area contributed by atoms with Gasteiger partial charge in [-0.1, -0.05) is 45.0 Å². The van der Waals surface area contributed by atoms with E-state index in [2.05, 4.69) is 36.1 Å². The lowest BCUT2D eigenvalue weighted by Gasteiger charge is -2.19. The zero-order valence-corrected chi connectivity index (χ0v) is 19.8. The molecule has 9 heteroatoms.